The first-order valence-corrected chi connectivity index (χ1v) is 24.8. The third-order valence-electron chi connectivity index (χ3n) is 11.1. The van der Waals surface area contributed by atoms with Gasteiger partial charge in [-0.1, -0.05) is 24.7 Å². The van der Waals surface area contributed by atoms with Crippen molar-refractivity contribution < 1.29 is 131 Å². The van der Waals surface area contributed by atoms with Gasteiger partial charge in [-0.3, -0.25) is 57.5 Å². The summed E-state index contributed by atoms with van der Waals surface area (Å²) in [6, 6.07) is 0. The molecule has 81 heavy (non-hydrogen) atoms. The zero-order valence-electron chi connectivity index (χ0n) is 44.8. The predicted octanol–water partition coefficient (Wildman–Crippen LogP) is -4.63. The molecule has 0 fully saturated rings. The zero-order chi connectivity index (χ0) is 61.3. The van der Waals surface area contributed by atoms with Crippen LogP contribution in [-0.2, 0) is 100 Å². The van der Waals surface area contributed by atoms with Gasteiger partial charge in [-0.15, -0.1) is 19.3 Å². The number of ether oxygens (including phenoxy) is 9. The Bertz CT molecular complexity index is 1990. The first-order valence-electron chi connectivity index (χ1n) is 24.8. The molecule has 0 unspecified atom stereocenters. The van der Waals surface area contributed by atoms with E-state index in [9.17, 15) is 88.2 Å². The molecule has 0 saturated heterocycles. The standard InChI is InChI=1S/C51H71N3O27/c1-5-21-73-39(64)12-9-36(61)52-49(24-55,25-56)33-79-45(70)18-15-42(67)76-30-48(8-4,31-77-43(68)16-19-46(71)80-34-50(26-57,27-58)53-37(62)10-13-40(65)74-22-6-2)32-78-44(69)17-20-47(72)81-35-51(28-59,29-60)54-38(63)11-14-41(66)75-23-7-3/h1-3,55-60H,8-35H2,4H3,(H,52,61)(H,53,62)(H,54,63). The first-order chi connectivity index (χ1) is 38.5. The van der Waals surface area contributed by atoms with Crippen molar-refractivity contribution in [2.24, 2.45) is 5.41 Å². The molecule has 0 aliphatic rings. The number of esters is 9. The topological polar surface area (TPSA) is 445 Å². The minimum atomic E-state index is -1.91. The second kappa shape index (κ2) is 40.3. The molecule has 0 radical (unpaired) electrons. The van der Waals surface area contributed by atoms with E-state index < -0.39 is 250 Å². The van der Waals surface area contributed by atoms with Gasteiger partial charge in [0.25, 0.3) is 0 Å². The second-order valence-corrected chi connectivity index (χ2v) is 17.8. The Labute approximate surface area is 465 Å². The van der Waals surface area contributed by atoms with Gasteiger partial charge in [-0.2, -0.15) is 0 Å². The SMILES string of the molecule is C#CCOC(=O)CCC(=O)NC(CO)(CO)COC(=O)CCC(=O)OCC(CC)(COC(=O)CCC(=O)OCC(CO)(CO)NC(=O)CCC(=O)OCC#C)COC(=O)CCC(=O)OCC(CO)(CO)NC(=O)CCC(=O)OCC#C. The van der Waals surface area contributed by atoms with Crippen LogP contribution in [0.3, 0.4) is 0 Å². The van der Waals surface area contributed by atoms with E-state index in [0.717, 1.165) is 0 Å². The van der Waals surface area contributed by atoms with Crippen molar-refractivity contribution in [3.8, 4) is 37.0 Å². The van der Waals surface area contributed by atoms with Gasteiger partial charge in [0.05, 0.1) is 103 Å². The van der Waals surface area contributed by atoms with Gasteiger partial charge in [0.15, 0.2) is 19.8 Å². The molecule has 452 valence electrons. The van der Waals surface area contributed by atoms with Crippen molar-refractivity contribution in [3.05, 3.63) is 0 Å². The maximum absolute atomic E-state index is 13.0. The van der Waals surface area contributed by atoms with E-state index in [0.29, 0.717) is 0 Å². The Morgan fingerprint density at radius 1 is 0.321 bits per heavy atom. The van der Waals surface area contributed by atoms with Gasteiger partial charge in [-0.25, -0.2) is 0 Å². The lowest BCUT2D eigenvalue weighted by Gasteiger charge is -2.31. The van der Waals surface area contributed by atoms with E-state index in [2.05, 4.69) is 47.9 Å². The molecule has 0 aromatic heterocycles. The summed E-state index contributed by atoms with van der Waals surface area (Å²) in [5, 5.41) is 66.3. The molecule has 0 aromatic rings. The lowest BCUT2D eigenvalue weighted by molar-refractivity contribution is -0.166. The molecule has 0 spiro atoms. The van der Waals surface area contributed by atoms with Crippen LogP contribution in [0, 0.1) is 42.4 Å². The minimum absolute atomic E-state index is 0.0698. The van der Waals surface area contributed by atoms with Crippen LogP contribution in [-0.4, -0.2) is 218 Å². The minimum Gasteiger partial charge on any atom is -0.465 e. The molecule has 3 amide bonds. The number of hydrogen-bond acceptors (Lipinski definition) is 27. The van der Waals surface area contributed by atoms with Gasteiger partial charge >= 0.3 is 53.7 Å². The molecule has 0 aliphatic heterocycles. The number of hydrogen-bond donors (Lipinski definition) is 9. The summed E-state index contributed by atoms with van der Waals surface area (Å²) in [6.45, 7) is -9.41. The van der Waals surface area contributed by atoms with Crippen molar-refractivity contribution in [2.45, 2.75) is 107 Å². The van der Waals surface area contributed by atoms with Crippen LogP contribution in [0.1, 0.15) is 90.4 Å². The monoisotopic (exact) mass is 1160 g/mol. The van der Waals surface area contributed by atoms with E-state index in [1.807, 2.05) is 0 Å². The molecule has 0 aromatic carbocycles. The Hall–Kier alpha value is -7.92. The van der Waals surface area contributed by atoms with E-state index in [-0.39, 0.29) is 26.2 Å². The fourth-order valence-corrected chi connectivity index (χ4v) is 5.91. The normalized spacial score (nSPS) is 11.1. The lowest BCUT2D eigenvalue weighted by Crippen LogP contribution is -2.57. The molecule has 30 nitrogen and oxygen atoms in total. The maximum atomic E-state index is 13.0. The quantitative estimate of drug-likeness (QED) is 0.0158. The summed E-state index contributed by atoms with van der Waals surface area (Å²) in [5.74, 6) is -5.02. The number of nitrogens with one attached hydrogen (secondary N) is 3. The molecule has 0 atom stereocenters. The van der Waals surface area contributed by atoms with Gasteiger partial charge in [0.1, 0.15) is 56.3 Å². The van der Waals surface area contributed by atoms with Crippen LogP contribution in [0.2, 0.25) is 0 Å². The third kappa shape index (κ3) is 31.5. The summed E-state index contributed by atoms with van der Waals surface area (Å²) in [5.41, 5.74) is -7.28. The van der Waals surface area contributed by atoms with Crippen molar-refractivity contribution in [1.29, 1.82) is 0 Å². The highest BCUT2D eigenvalue weighted by Crippen LogP contribution is 2.26. The van der Waals surface area contributed by atoms with Gasteiger partial charge in [0.2, 0.25) is 17.7 Å². The number of aliphatic hydroxyl groups excluding tert-OH is 6. The number of carbonyl (C=O) groups is 12. The van der Waals surface area contributed by atoms with Gasteiger partial charge in [0, 0.05) is 19.3 Å². The van der Waals surface area contributed by atoms with E-state index in [1.54, 1.807) is 0 Å². The van der Waals surface area contributed by atoms with Crippen LogP contribution in [0.25, 0.3) is 0 Å². The van der Waals surface area contributed by atoms with Crippen molar-refractivity contribution in [3.63, 3.8) is 0 Å². The molecule has 9 N–H and O–H groups in total. The zero-order valence-corrected chi connectivity index (χ0v) is 44.8. The number of amides is 3. The highest BCUT2D eigenvalue weighted by atomic mass is 16.6. The smallest absolute Gasteiger partial charge is 0.307 e. The number of terminal acetylenes is 3. The summed E-state index contributed by atoms with van der Waals surface area (Å²) in [4.78, 5) is 149. The average molecular weight is 1160 g/mol. The van der Waals surface area contributed by atoms with Crippen LogP contribution >= 0.6 is 0 Å². The maximum Gasteiger partial charge on any atom is 0.307 e. The highest BCUT2D eigenvalue weighted by Gasteiger charge is 2.37. The highest BCUT2D eigenvalue weighted by molar-refractivity contribution is 5.84. The molecular weight excluding hydrogens is 1090 g/mol. The van der Waals surface area contributed by atoms with E-state index >= 15 is 0 Å². The molecular formula is C51H71N3O27. The average Bonchev–Trinajstić information content (AvgIpc) is 3.48. The van der Waals surface area contributed by atoms with Crippen molar-refractivity contribution in [1.82, 2.24) is 16.0 Å². The van der Waals surface area contributed by atoms with Crippen LogP contribution in [0.5, 0.6) is 0 Å². The number of carbonyl (C=O) groups excluding carboxylic acids is 12. The van der Waals surface area contributed by atoms with Gasteiger partial charge < -0.3 is 89.2 Å². The summed E-state index contributed by atoms with van der Waals surface area (Å²) >= 11 is 0. The summed E-state index contributed by atoms with van der Waals surface area (Å²) < 4.78 is 45.3. The molecule has 0 rings (SSSR count). The van der Waals surface area contributed by atoms with Crippen LogP contribution in [0.15, 0.2) is 0 Å². The summed E-state index contributed by atoms with van der Waals surface area (Å²) in [6.07, 6.45) is 8.48. The van der Waals surface area contributed by atoms with E-state index in [4.69, 9.17) is 47.7 Å². The Morgan fingerprint density at radius 3 is 0.691 bits per heavy atom. The molecule has 0 bridgehead atoms. The first kappa shape index (κ1) is 73.1. The lowest BCUT2D eigenvalue weighted by atomic mass is 9.88. The summed E-state index contributed by atoms with van der Waals surface area (Å²) in [7, 11) is 0. The van der Waals surface area contributed by atoms with Crippen LogP contribution in [0.4, 0.5) is 0 Å². The van der Waals surface area contributed by atoms with Crippen molar-refractivity contribution >= 4 is 71.4 Å². The molecule has 0 saturated carbocycles. The molecule has 0 aliphatic carbocycles. The number of aliphatic hydroxyl groups is 6. The Morgan fingerprint density at radius 2 is 0.506 bits per heavy atom. The molecule has 30 heteroatoms. The van der Waals surface area contributed by atoms with E-state index in [1.165, 1.54) is 6.92 Å². The fraction of sp³-hybridized carbons (Fsp3) is 0.647. The fourth-order valence-electron chi connectivity index (χ4n) is 5.91. The van der Waals surface area contributed by atoms with Gasteiger partial charge in [-0.05, 0) is 6.42 Å². The second-order valence-electron chi connectivity index (χ2n) is 17.8. The Balaban J connectivity index is 5.89. The molecule has 0 heterocycles. The number of rotatable bonds is 43. The largest absolute Gasteiger partial charge is 0.465 e. The predicted molar refractivity (Wildman–Crippen MR) is 268 cm³/mol. The third-order valence-corrected chi connectivity index (χ3v) is 11.1. The van der Waals surface area contributed by atoms with Crippen molar-refractivity contribution in [2.75, 3.05) is 99.1 Å². The Kier molecular flexibility index (Phi) is 36.3. The van der Waals surface area contributed by atoms with Crippen LogP contribution < -0.4 is 16.0 Å².